The molecule has 0 unspecified atom stereocenters. The number of carbonyl (C=O) groups is 1. The third kappa shape index (κ3) is 2.47. The fraction of sp³-hybridized carbons (Fsp3) is 0.385. The number of hydrogen-bond donors (Lipinski definition) is 1. The van der Waals surface area contributed by atoms with Crippen LogP contribution in [0.5, 0.6) is 0 Å². The van der Waals surface area contributed by atoms with Gasteiger partial charge in [0.1, 0.15) is 5.82 Å². The highest BCUT2D eigenvalue weighted by atomic mass is 16.4. The minimum absolute atomic E-state index is 0.206. The lowest BCUT2D eigenvalue weighted by Crippen LogP contribution is -2.08. The van der Waals surface area contributed by atoms with Crippen LogP contribution in [0.3, 0.4) is 0 Å². The molecule has 0 aliphatic heterocycles. The maximum Gasteiger partial charge on any atom is 0.337 e. The Kier molecular flexibility index (Phi) is 3.59. The Morgan fingerprint density at radius 3 is 2.53 bits per heavy atom. The third-order valence-electron chi connectivity index (χ3n) is 2.87. The average molecular weight is 260 g/mol. The fourth-order valence-electron chi connectivity index (χ4n) is 1.85. The molecule has 2 rings (SSSR count). The molecule has 19 heavy (non-hydrogen) atoms. The number of aromatic nitrogens is 4. The summed E-state index contributed by atoms with van der Waals surface area (Å²) in [6.07, 6.45) is 1.50. The molecule has 0 atom stereocenters. The molecule has 6 nitrogen and oxygen atoms in total. The molecule has 0 fully saturated rings. The van der Waals surface area contributed by atoms with Crippen molar-refractivity contribution in [2.75, 3.05) is 0 Å². The highest BCUT2D eigenvalue weighted by Crippen LogP contribution is 2.12. The van der Waals surface area contributed by atoms with Gasteiger partial charge in [0.05, 0.1) is 11.3 Å². The van der Waals surface area contributed by atoms with Gasteiger partial charge in [-0.15, -0.1) is 5.10 Å². The predicted octanol–water partition coefficient (Wildman–Crippen LogP) is 1.79. The Bertz CT molecular complexity index is 619. The average Bonchev–Trinajstić information content (AvgIpc) is 2.81. The molecule has 0 saturated carbocycles. The summed E-state index contributed by atoms with van der Waals surface area (Å²) in [7, 11) is 0. The van der Waals surface area contributed by atoms with Crippen molar-refractivity contribution in [1.29, 1.82) is 0 Å². The van der Waals surface area contributed by atoms with Gasteiger partial charge in [-0.3, -0.25) is 0 Å². The van der Waals surface area contributed by atoms with E-state index in [1.807, 2.05) is 13.8 Å². The van der Waals surface area contributed by atoms with Crippen LogP contribution in [0.4, 0.5) is 0 Å². The van der Waals surface area contributed by atoms with Crippen LogP contribution in [0.1, 0.15) is 41.5 Å². The lowest BCUT2D eigenvalue weighted by Gasteiger charge is -2.06. The van der Waals surface area contributed by atoms with E-state index in [1.165, 1.54) is 0 Å². The second kappa shape index (κ2) is 5.17. The Hall–Kier alpha value is -2.24. The van der Waals surface area contributed by atoms with E-state index in [1.54, 1.807) is 23.7 Å². The number of hydrogen-bond acceptors (Lipinski definition) is 4. The monoisotopic (exact) mass is 260 g/mol. The molecule has 2 heterocycles. The summed E-state index contributed by atoms with van der Waals surface area (Å²) in [5.41, 5.74) is 0.679. The van der Waals surface area contributed by atoms with Crippen molar-refractivity contribution in [3.8, 4) is 5.82 Å². The van der Waals surface area contributed by atoms with Crippen molar-refractivity contribution in [2.24, 2.45) is 0 Å². The van der Waals surface area contributed by atoms with E-state index >= 15 is 0 Å². The number of pyridine rings is 1. The SMILES string of the molecule is CCc1nc(CC)n(-c2ccc(C(=O)O)c(C)n2)n1. The van der Waals surface area contributed by atoms with Crippen LogP contribution in [0.15, 0.2) is 12.1 Å². The van der Waals surface area contributed by atoms with Crippen molar-refractivity contribution in [1.82, 2.24) is 19.7 Å². The van der Waals surface area contributed by atoms with E-state index in [9.17, 15) is 4.79 Å². The van der Waals surface area contributed by atoms with Gasteiger partial charge in [0.2, 0.25) is 0 Å². The summed E-state index contributed by atoms with van der Waals surface area (Å²) in [5, 5.41) is 13.4. The zero-order chi connectivity index (χ0) is 14.0. The first-order valence-electron chi connectivity index (χ1n) is 6.22. The number of carboxylic acids is 1. The number of nitrogens with zero attached hydrogens (tertiary/aromatic N) is 4. The van der Waals surface area contributed by atoms with Gasteiger partial charge in [0.15, 0.2) is 11.6 Å². The molecule has 0 saturated heterocycles. The maximum atomic E-state index is 11.0. The number of carboxylic acid groups (broad SMARTS) is 1. The van der Waals surface area contributed by atoms with Crippen molar-refractivity contribution < 1.29 is 9.90 Å². The Morgan fingerprint density at radius 1 is 1.26 bits per heavy atom. The highest BCUT2D eigenvalue weighted by Gasteiger charge is 2.13. The van der Waals surface area contributed by atoms with E-state index in [-0.39, 0.29) is 5.56 Å². The largest absolute Gasteiger partial charge is 0.478 e. The van der Waals surface area contributed by atoms with Crippen molar-refractivity contribution in [3.05, 3.63) is 35.0 Å². The minimum atomic E-state index is -0.972. The summed E-state index contributed by atoms with van der Waals surface area (Å²) >= 11 is 0. The van der Waals surface area contributed by atoms with Gasteiger partial charge in [-0.25, -0.2) is 14.8 Å². The van der Waals surface area contributed by atoms with Gasteiger partial charge >= 0.3 is 5.97 Å². The summed E-state index contributed by atoms with van der Waals surface area (Å²) in [6.45, 7) is 5.67. The maximum absolute atomic E-state index is 11.0. The first-order chi connectivity index (χ1) is 9.06. The topological polar surface area (TPSA) is 80.9 Å². The Labute approximate surface area is 111 Å². The fourth-order valence-corrected chi connectivity index (χ4v) is 1.85. The van der Waals surface area contributed by atoms with Crippen LogP contribution in [-0.4, -0.2) is 30.8 Å². The minimum Gasteiger partial charge on any atom is -0.478 e. The van der Waals surface area contributed by atoms with Crippen LogP contribution in [0.2, 0.25) is 0 Å². The second-order valence-corrected chi connectivity index (χ2v) is 4.17. The Balaban J connectivity index is 2.50. The molecule has 2 aromatic heterocycles. The molecule has 100 valence electrons. The van der Waals surface area contributed by atoms with Crippen molar-refractivity contribution >= 4 is 5.97 Å². The molecule has 0 spiro atoms. The van der Waals surface area contributed by atoms with Crippen LogP contribution in [0, 0.1) is 6.92 Å². The molecular formula is C13H16N4O2. The summed E-state index contributed by atoms with van der Waals surface area (Å²) in [4.78, 5) is 19.7. The van der Waals surface area contributed by atoms with E-state index < -0.39 is 5.97 Å². The van der Waals surface area contributed by atoms with Gasteiger partial charge in [0, 0.05) is 12.8 Å². The number of aromatic carboxylic acids is 1. The second-order valence-electron chi connectivity index (χ2n) is 4.17. The van der Waals surface area contributed by atoms with Gasteiger partial charge in [0.25, 0.3) is 0 Å². The summed E-state index contributed by atoms with van der Waals surface area (Å²) in [5.74, 6) is 1.22. The van der Waals surface area contributed by atoms with E-state index in [2.05, 4.69) is 15.1 Å². The highest BCUT2D eigenvalue weighted by molar-refractivity contribution is 5.88. The Morgan fingerprint density at radius 2 is 2.00 bits per heavy atom. The van der Waals surface area contributed by atoms with E-state index in [0.29, 0.717) is 11.5 Å². The predicted molar refractivity (Wildman–Crippen MR) is 69.6 cm³/mol. The first-order valence-corrected chi connectivity index (χ1v) is 6.22. The van der Waals surface area contributed by atoms with Crippen LogP contribution < -0.4 is 0 Å². The third-order valence-corrected chi connectivity index (χ3v) is 2.87. The molecule has 6 heteroatoms. The standard InChI is InChI=1S/C13H16N4O2/c1-4-10-15-11(5-2)17(16-10)12-7-6-9(13(18)19)8(3)14-12/h6-7H,4-5H2,1-3H3,(H,18,19). The summed E-state index contributed by atoms with van der Waals surface area (Å²) in [6, 6.07) is 3.20. The van der Waals surface area contributed by atoms with Crippen LogP contribution in [-0.2, 0) is 12.8 Å². The smallest absolute Gasteiger partial charge is 0.337 e. The van der Waals surface area contributed by atoms with Crippen LogP contribution >= 0.6 is 0 Å². The van der Waals surface area contributed by atoms with E-state index in [0.717, 1.165) is 24.5 Å². The van der Waals surface area contributed by atoms with Crippen LogP contribution in [0.25, 0.3) is 5.82 Å². The molecule has 0 aromatic carbocycles. The molecule has 0 aliphatic carbocycles. The van der Waals surface area contributed by atoms with Gasteiger partial charge in [-0.05, 0) is 19.1 Å². The molecule has 0 aliphatic rings. The van der Waals surface area contributed by atoms with Gasteiger partial charge in [-0.1, -0.05) is 13.8 Å². The molecule has 2 aromatic rings. The van der Waals surface area contributed by atoms with Gasteiger partial charge < -0.3 is 5.11 Å². The normalized spacial score (nSPS) is 10.7. The molecule has 0 radical (unpaired) electrons. The lowest BCUT2D eigenvalue weighted by atomic mass is 10.2. The van der Waals surface area contributed by atoms with Gasteiger partial charge in [-0.2, -0.15) is 4.68 Å². The molecular weight excluding hydrogens is 244 g/mol. The number of rotatable bonds is 4. The van der Waals surface area contributed by atoms with Crippen molar-refractivity contribution in [3.63, 3.8) is 0 Å². The lowest BCUT2D eigenvalue weighted by molar-refractivity contribution is 0.0695. The first kappa shape index (κ1) is 13.2. The quantitative estimate of drug-likeness (QED) is 0.906. The zero-order valence-corrected chi connectivity index (χ0v) is 11.2. The van der Waals surface area contributed by atoms with E-state index in [4.69, 9.17) is 5.11 Å². The molecule has 0 amide bonds. The summed E-state index contributed by atoms with van der Waals surface area (Å²) < 4.78 is 1.68. The molecule has 0 bridgehead atoms. The zero-order valence-electron chi connectivity index (χ0n) is 11.2. The van der Waals surface area contributed by atoms with Crippen molar-refractivity contribution in [2.45, 2.75) is 33.6 Å². The molecule has 1 N–H and O–H groups in total. The number of aryl methyl sites for hydroxylation is 3.